The van der Waals surface area contributed by atoms with Gasteiger partial charge in [-0.1, -0.05) is 224 Å². The van der Waals surface area contributed by atoms with Crippen molar-refractivity contribution in [3.8, 4) is 67.5 Å². The van der Waals surface area contributed by atoms with Crippen molar-refractivity contribution < 1.29 is 0 Å². The lowest BCUT2D eigenvalue weighted by atomic mass is 9.67. The average molecular weight is 869 g/mol. The van der Waals surface area contributed by atoms with Crippen molar-refractivity contribution in [2.45, 2.75) is 5.41 Å². The molecule has 0 N–H and O–H groups in total. The van der Waals surface area contributed by atoms with E-state index in [1.807, 2.05) is 36.4 Å². The minimum absolute atomic E-state index is 0.622. The van der Waals surface area contributed by atoms with Gasteiger partial charge in [0, 0.05) is 33.8 Å². The molecule has 4 nitrogen and oxygen atoms in total. The van der Waals surface area contributed by atoms with Gasteiger partial charge in [0.1, 0.15) is 0 Å². The van der Waals surface area contributed by atoms with Crippen LogP contribution in [0, 0.1) is 0 Å². The molecular weight excluding hydrogens is 825 g/mol. The van der Waals surface area contributed by atoms with Gasteiger partial charge in [0.2, 0.25) is 0 Å². The maximum absolute atomic E-state index is 5.16. The van der Waals surface area contributed by atoms with E-state index in [9.17, 15) is 0 Å². The summed E-state index contributed by atoms with van der Waals surface area (Å²) in [6, 6.07) is 95.0. The molecule has 0 bridgehead atoms. The fraction of sp³-hybridized carbons (Fsp3) is 0.0156. The summed E-state index contributed by atoms with van der Waals surface area (Å²) < 4.78 is 0. The van der Waals surface area contributed by atoms with Crippen LogP contribution in [-0.2, 0) is 5.41 Å². The molecule has 0 spiro atoms. The fourth-order valence-corrected chi connectivity index (χ4v) is 10.0. The molecule has 11 aromatic rings. The van der Waals surface area contributed by atoms with Crippen LogP contribution in [-0.4, -0.2) is 15.0 Å². The first-order valence-electron chi connectivity index (χ1n) is 23.1. The summed E-state index contributed by atoms with van der Waals surface area (Å²) in [5.74, 6) is 1.89. The van der Waals surface area contributed by atoms with Crippen molar-refractivity contribution in [1.82, 2.24) is 15.0 Å². The SMILES string of the molecule is c1ccc(-c2ccc(N(c3ccc(-c4ccccc4)cc3)c3ccc(C4(c5cccc(-c6nc(-c7ccccc7)nc(-c7ccccc7)n6)c5)c5ccccc5-c5ccccc54)cc3)cc2)cc1. The number of hydrogen-bond donors (Lipinski definition) is 0. The molecule has 12 rings (SSSR count). The van der Waals surface area contributed by atoms with Crippen LogP contribution in [0.25, 0.3) is 67.5 Å². The average Bonchev–Trinajstić information content (AvgIpc) is 3.73. The van der Waals surface area contributed by atoms with Crippen LogP contribution >= 0.6 is 0 Å². The largest absolute Gasteiger partial charge is 0.311 e. The van der Waals surface area contributed by atoms with Crippen molar-refractivity contribution in [2.75, 3.05) is 4.90 Å². The second-order valence-electron chi connectivity index (χ2n) is 17.2. The highest BCUT2D eigenvalue weighted by Crippen LogP contribution is 2.56. The Morgan fingerprint density at radius 2 is 0.588 bits per heavy atom. The molecule has 0 atom stereocenters. The van der Waals surface area contributed by atoms with Crippen molar-refractivity contribution in [1.29, 1.82) is 0 Å². The number of anilines is 3. The zero-order chi connectivity index (χ0) is 45.3. The van der Waals surface area contributed by atoms with Gasteiger partial charge in [-0.15, -0.1) is 0 Å². The van der Waals surface area contributed by atoms with E-state index in [0.717, 1.165) is 39.3 Å². The second kappa shape index (κ2) is 17.4. The van der Waals surface area contributed by atoms with E-state index in [4.69, 9.17) is 15.0 Å². The summed E-state index contributed by atoms with van der Waals surface area (Å²) in [5.41, 5.74) is 17.3. The van der Waals surface area contributed by atoms with Gasteiger partial charge in [0.05, 0.1) is 5.41 Å². The Kier molecular flexibility index (Phi) is 10.4. The number of hydrogen-bond acceptors (Lipinski definition) is 4. The van der Waals surface area contributed by atoms with E-state index >= 15 is 0 Å². The molecule has 0 radical (unpaired) electrons. The van der Waals surface area contributed by atoms with E-state index in [2.05, 4.69) is 235 Å². The first-order valence-corrected chi connectivity index (χ1v) is 23.1. The van der Waals surface area contributed by atoms with Crippen LogP contribution in [0.3, 0.4) is 0 Å². The summed E-state index contributed by atoms with van der Waals surface area (Å²) in [4.78, 5) is 17.7. The zero-order valence-electron chi connectivity index (χ0n) is 37.2. The third kappa shape index (κ3) is 7.25. The van der Waals surface area contributed by atoms with Crippen LogP contribution in [0.4, 0.5) is 17.1 Å². The molecule has 0 fully saturated rings. The summed E-state index contributed by atoms with van der Waals surface area (Å²) in [5, 5.41) is 0. The molecule has 1 aliphatic rings. The first kappa shape index (κ1) is 40.5. The summed E-state index contributed by atoms with van der Waals surface area (Å²) in [6.45, 7) is 0. The fourth-order valence-electron chi connectivity index (χ4n) is 10.0. The highest BCUT2D eigenvalue weighted by Gasteiger charge is 2.46. The number of aromatic nitrogens is 3. The Morgan fingerprint density at radius 3 is 1.03 bits per heavy atom. The Hall–Kier alpha value is -8.99. The molecular formula is C64H44N4. The smallest absolute Gasteiger partial charge is 0.164 e. The topological polar surface area (TPSA) is 41.9 Å². The van der Waals surface area contributed by atoms with Gasteiger partial charge in [-0.05, 0) is 98.1 Å². The minimum atomic E-state index is -0.654. The second-order valence-corrected chi connectivity index (χ2v) is 17.2. The Bertz CT molecular complexity index is 3330. The lowest BCUT2D eigenvalue weighted by molar-refractivity contribution is 0.768. The number of benzene rings is 10. The molecule has 1 heterocycles. The Morgan fingerprint density at radius 1 is 0.250 bits per heavy atom. The minimum Gasteiger partial charge on any atom is -0.311 e. The predicted molar refractivity (Wildman–Crippen MR) is 279 cm³/mol. The van der Waals surface area contributed by atoms with E-state index in [1.54, 1.807) is 0 Å². The summed E-state index contributed by atoms with van der Waals surface area (Å²) in [7, 11) is 0. The quantitative estimate of drug-likeness (QED) is 0.137. The lowest BCUT2D eigenvalue weighted by Gasteiger charge is -2.35. The normalized spacial score (nSPS) is 12.2. The summed E-state index contributed by atoms with van der Waals surface area (Å²) >= 11 is 0. The number of rotatable bonds is 10. The van der Waals surface area contributed by atoms with Crippen LogP contribution in [0.15, 0.2) is 267 Å². The Labute approximate surface area is 397 Å². The van der Waals surface area contributed by atoms with Gasteiger partial charge in [0.25, 0.3) is 0 Å². The molecule has 68 heavy (non-hydrogen) atoms. The van der Waals surface area contributed by atoms with Gasteiger partial charge in [-0.25, -0.2) is 15.0 Å². The molecule has 0 aliphatic heterocycles. The monoisotopic (exact) mass is 868 g/mol. The van der Waals surface area contributed by atoms with Gasteiger partial charge >= 0.3 is 0 Å². The Balaban J connectivity index is 1.01. The van der Waals surface area contributed by atoms with Crippen molar-refractivity contribution in [3.63, 3.8) is 0 Å². The van der Waals surface area contributed by atoms with E-state index in [0.29, 0.717) is 17.5 Å². The van der Waals surface area contributed by atoms with Crippen LogP contribution in [0.1, 0.15) is 22.3 Å². The molecule has 0 saturated carbocycles. The van der Waals surface area contributed by atoms with Gasteiger partial charge in [-0.3, -0.25) is 0 Å². The number of nitrogens with zero attached hydrogens (tertiary/aromatic N) is 4. The maximum Gasteiger partial charge on any atom is 0.164 e. The van der Waals surface area contributed by atoms with E-state index in [1.165, 1.54) is 50.1 Å². The van der Waals surface area contributed by atoms with Gasteiger partial charge in [0.15, 0.2) is 17.5 Å². The highest BCUT2D eigenvalue weighted by molar-refractivity contribution is 5.87. The van der Waals surface area contributed by atoms with Crippen LogP contribution in [0.2, 0.25) is 0 Å². The molecule has 320 valence electrons. The van der Waals surface area contributed by atoms with E-state index in [-0.39, 0.29) is 0 Å². The molecule has 0 amide bonds. The van der Waals surface area contributed by atoms with Crippen molar-refractivity contribution >= 4 is 17.1 Å². The number of fused-ring (bicyclic) bond motifs is 3. The summed E-state index contributed by atoms with van der Waals surface area (Å²) in [6.07, 6.45) is 0. The maximum atomic E-state index is 5.16. The van der Waals surface area contributed by atoms with Crippen molar-refractivity contribution in [2.24, 2.45) is 0 Å². The molecule has 1 aromatic heterocycles. The van der Waals surface area contributed by atoms with Crippen molar-refractivity contribution in [3.05, 3.63) is 289 Å². The molecule has 1 aliphatic carbocycles. The third-order valence-corrected chi connectivity index (χ3v) is 13.2. The highest BCUT2D eigenvalue weighted by atomic mass is 15.1. The van der Waals surface area contributed by atoms with Gasteiger partial charge < -0.3 is 4.90 Å². The van der Waals surface area contributed by atoms with Crippen LogP contribution in [0.5, 0.6) is 0 Å². The van der Waals surface area contributed by atoms with Crippen LogP contribution < -0.4 is 4.90 Å². The standard InChI is InChI=1S/C64H44N4/c1-5-18-45(19-6-1)47-32-38-54(39-33-47)68(55-40-34-48(35-41-55)46-20-7-2-8-21-46)56-42-36-52(37-43-56)64(59-30-15-13-28-57(59)58-29-14-16-31-60(58)64)53-27-17-26-51(44-53)63-66-61(49-22-9-3-10-23-49)65-62(67-63)50-24-11-4-12-25-50/h1-44H. The molecule has 0 unspecified atom stereocenters. The zero-order valence-corrected chi connectivity index (χ0v) is 37.2. The molecule has 10 aromatic carbocycles. The predicted octanol–water partition coefficient (Wildman–Crippen LogP) is 16.0. The van der Waals surface area contributed by atoms with Gasteiger partial charge in [-0.2, -0.15) is 0 Å². The molecule has 4 heteroatoms. The first-order chi connectivity index (χ1) is 33.7. The van der Waals surface area contributed by atoms with E-state index < -0.39 is 5.41 Å². The molecule has 0 saturated heterocycles. The third-order valence-electron chi connectivity index (χ3n) is 13.2. The lowest BCUT2D eigenvalue weighted by Crippen LogP contribution is -2.28.